The van der Waals surface area contributed by atoms with Crippen LogP contribution in [0, 0.1) is 5.92 Å². The fraction of sp³-hybridized carbons (Fsp3) is 0.500. The zero-order valence-electron chi connectivity index (χ0n) is 10.6. The molecule has 94 valence electrons. The van der Waals surface area contributed by atoms with E-state index in [-0.39, 0.29) is 0 Å². The number of nitrogens with zero attached hydrogens (tertiary/aromatic N) is 3. The second kappa shape index (κ2) is 4.88. The lowest BCUT2D eigenvalue weighted by atomic mass is 10.00. The van der Waals surface area contributed by atoms with Gasteiger partial charge in [0.1, 0.15) is 11.3 Å². The van der Waals surface area contributed by atoms with Gasteiger partial charge in [-0.1, -0.05) is 12.8 Å². The van der Waals surface area contributed by atoms with Gasteiger partial charge in [0.25, 0.3) is 0 Å². The molecule has 0 aliphatic heterocycles. The van der Waals surface area contributed by atoms with Crippen molar-refractivity contribution in [3.63, 3.8) is 0 Å². The number of rotatable bonds is 3. The Hall–Kier alpha value is -1.71. The van der Waals surface area contributed by atoms with Gasteiger partial charge in [0.2, 0.25) is 0 Å². The van der Waals surface area contributed by atoms with Crippen LogP contribution in [0.2, 0.25) is 0 Å². The molecule has 1 unspecified atom stereocenters. The van der Waals surface area contributed by atoms with Gasteiger partial charge in [0.05, 0.1) is 0 Å². The molecule has 1 aliphatic rings. The number of hydrogen-bond acceptors (Lipinski definition) is 4. The Morgan fingerprint density at radius 2 is 1.94 bits per heavy atom. The molecule has 0 aromatic carbocycles. The standard InChI is InChI=1S/C14H18N4/c1-10(11-4-2-3-5-11)17-13-7-6-12-14(18-13)16-9-8-15-12/h6-11H,2-5H2,1H3,(H,16,17,18). The van der Waals surface area contributed by atoms with Crippen molar-refractivity contribution in [1.82, 2.24) is 15.0 Å². The van der Waals surface area contributed by atoms with Crippen molar-refractivity contribution >= 4 is 17.0 Å². The molecule has 1 saturated carbocycles. The molecule has 4 nitrogen and oxygen atoms in total. The quantitative estimate of drug-likeness (QED) is 0.898. The molecular weight excluding hydrogens is 224 g/mol. The fourth-order valence-corrected chi connectivity index (χ4v) is 2.74. The van der Waals surface area contributed by atoms with Crippen molar-refractivity contribution in [2.24, 2.45) is 5.92 Å². The summed E-state index contributed by atoms with van der Waals surface area (Å²) in [5.74, 6) is 1.69. The second-order valence-electron chi connectivity index (χ2n) is 5.07. The Kier molecular flexibility index (Phi) is 3.09. The zero-order chi connectivity index (χ0) is 12.4. The Balaban J connectivity index is 1.77. The van der Waals surface area contributed by atoms with Crippen LogP contribution in [0.25, 0.3) is 11.2 Å². The molecule has 0 amide bonds. The highest BCUT2D eigenvalue weighted by molar-refractivity contribution is 5.71. The number of pyridine rings is 1. The van der Waals surface area contributed by atoms with Crippen LogP contribution in [-0.4, -0.2) is 21.0 Å². The third kappa shape index (κ3) is 2.28. The lowest BCUT2D eigenvalue weighted by molar-refractivity contribution is 0.481. The van der Waals surface area contributed by atoms with Gasteiger partial charge in [0, 0.05) is 18.4 Å². The average molecular weight is 242 g/mol. The minimum Gasteiger partial charge on any atom is -0.367 e. The van der Waals surface area contributed by atoms with Gasteiger partial charge in [-0.25, -0.2) is 9.97 Å². The van der Waals surface area contributed by atoms with Gasteiger partial charge in [-0.2, -0.15) is 0 Å². The van der Waals surface area contributed by atoms with Crippen molar-refractivity contribution < 1.29 is 0 Å². The van der Waals surface area contributed by atoms with Gasteiger partial charge < -0.3 is 5.32 Å². The largest absolute Gasteiger partial charge is 0.367 e. The number of nitrogens with one attached hydrogen (secondary N) is 1. The van der Waals surface area contributed by atoms with Gasteiger partial charge >= 0.3 is 0 Å². The Morgan fingerprint density at radius 3 is 2.78 bits per heavy atom. The highest BCUT2D eigenvalue weighted by Crippen LogP contribution is 2.29. The summed E-state index contributed by atoms with van der Waals surface area (Å²) < 4.78 is 0. The van der Waals surface area contributed by atoms with E-state index in [0.717, 1.165) is 17.3 Å². The van der Waals surface area contributed by atoms with Crippen LogP contribution in [0.3, 0.4) is 0 Å². The smallest absolute Gasteiger partial charge is 0.180 e. The van der Waals surface area contributed by atoms with Gasteiger partial charge in [0.15, 0.2) is 5.65 Å². The van der Waals surface area contributed by atoms with E-state index in [2.05, 4.69) is 27.2 Å². The summed E-state index contributed by atoms with van der Waals surface area (Å²) in [6, 6.07) is 4.44. The van der Waals surface area contributed by atoms with E-state index in [1.165, 1.54) is 25.7 Å². The molecule has 2 heterocycles. The van der Waals surface area contributed by atoms with Crippen LogP contribution >= 0.6 is 0 Å². The SMILES string of the molecule is CC(Nc1ccc2nccnc2n1)C1CCCC1. The first-order chi connectivity index (χ1) is 8.83. The molecule has 0 bridgehead atoms. The van der Waals surface area contributed by atoms with E-state index in [1.54, 1.807) is 12.4 Å². The number of hydrogen-bond donors (Lipinski definition) is 1. The number of fused-ring (bicyclic) bond motifs is 1. The molecule has 1 atom stereocenters. The maximum Gasteiger partial charge on any atom is 0.180 e. The molecule has 2 aromatic rings. The first kappa shape index (κ1) is 11.4. The van der Waals surface area contributed by atoms with Crippen LogP contribution in [0.5, 0.6) is 0 Å². The molecule has 18 heavy (non-hydrogen) atoms. The maximum atomic E-state index is 4.50. The molecule has 2 aromatic heterocycles. The Labute approximate surface area is 107 Å². The zero-order valence-corrected chi connectivity index (χ0v) is 10.6. The number of aromatic nitrogens is 3. The third-order valence-corrected chi connectivity index (χ3v) is 3.81. The Bertz CT molecular complexity index is 534. The second-order valence-corrected chi connectivity index (χ2v) is 5.07. The fourth-order valence-electron chi connectivity index (χ4n) is 2.74. The van der Waals surface area contributed by atoms with E-state index in [9.17, 15) is 0 Å². The summed E-state index contributed by atoms with van der Waals surface area (Å²) >= 11 is 0. The lowest BCUT2D eigenvalue weighted by Gasteiger charge is -2.20. The van der Waals surface area contributed by atoms with Crippen LogP contribution in [0.1, 0.15) is 32.6 Å². The molecule has 3 rings (SSSR count). The highest BCUT2D eigenvalue weighted by atomic mass is 15.0. The van der Waals surface area contributed by atoms with Crippen LogP contribution in [0.4, 0.5) is 5.82 Å². The highest BCUT2D eigenvalue weighted by Gasteiger charge is 2.21. The first-order valence-corrected chi connectivity index (χ1v) is 6.67. The van der Waals surface area contributed by atoms with Crippen LogP contribution in [-0.2, 0) is 0 Å². The normalized spacial score (nSPS) is 18.1. The van der Waals surface area contributed by atoms with Gasteiger partial charge in [-0.15, -0.1) is 0 Å². The lowest BCUT2D eigenvalue weighted by Crippen LogP contribution is -2.24. The summed E-state index contributed by atoms with van der Waals surface area (Å²) in [6.45, 7) is 2.25. The summed E-state index contributed by atoms with van der Waals surface area (Å²) in [5.41, 5.74) is 1.55. The van der Waals surface area contributed by atoms with Crippen molar-refractivity contribution in [3.05, 3.63) is 24.5 Å². The molecule has 0 spiro atoms. The van der Waals surface area contributed by atoms with Crippen molar-refractivity contribution in [3.8, 4) is 0 Å². The summed E-state index contributed by atoms with van der Waals surface area (Å²) in [4.78, 5) is 13.0. The molecule has 1 N–H and O–H groups in total. The average Bonchev–Trinajstić information content (AvgIpc) is 2.92. The van der Waals surface area contributed by atoms with E-state index in [1.807, 2.05) is 12.1 Å². The van der Waals surface area contributed by atoms with E-state index in [4.69, 9.17) is 0 Å². The van der Waals surface area contributed by atoms with Gasteiger partial charge in [-0.3, -0.25) is 4.98 Å². The summed E-state index contributed by atoms with van der Waals surface area (Å²) in [7, 11) is 0. The monoisotopic (exact) mass is 242 g/mol. The third-order valence-electron chi connectivity index (χ3n) is 3.81. The molecule has 0 saturated heterocycles. The predicted octanol–water partition coefficient (Wildman–Crippen LogP) is 3.02. The van der Waals surface area contributed by atoms with E-state index >= 15 is 0 Å². The predicted molar refractivity (Wildman–Crippen MR) is 72.4 cm³/mol. The van der Waals surface area contributed by atoms with Crippen LogP contribution in [0.15, 0.2) is 24.5 Å². The molecule has 1 fully saturated rings. The summed E-state index contributed by atoms with van der Waals surface area (Å²) in [5, 5.41) is 3.50. The van der Waals surface area contributed by atoms with Crippen molar-refractivity contribution in [2.45, 2.75) is 38.6 Å². The molecule has 0 radical (unpaired) electrons. The van der Waals surface area contributed by atoms with Gasteiger partial charge in [-0.05, 0) is 37.8 Å². The molecule has 4 heteroatoms. The molecule has 1 aliphatic carbocycles. The van der Waals surface area contributed by atoms with E-state index in [0.29, 0.717) is 11.7 Å². The molecular formula is C14H18N4. The number of anilines is 1. The minimum absolute atomic E-state index is 0.481. The topological polar surface area (TPSA) is 50.7 Å². The van der Waals surface area contributed by atoms with Crippen molar-refractivity contribution in [2.75, 3.05) is 5.32 Å². The summed E-state index contributed by atoms with van der Waals surface area (Å²) in [6.07, 6.45) is 8.78. The van der Waals surface area contributed by atoms with E-state index < -0.39 is 0 Å². The Morgan fingerprint density at radius 1 is 1.17 bits per heavy atom. The van der Waals surface area contributed by atoms with Crippen molar-refractivity contribution in [1.29, 1.82) is 0 Å². The maximum absolute atomic E-state index is 4.50. The van der Waals surface area contributed by atoms with Crippen LogP contribution < -0.4 is 5.32 Å². The minimum atomic E-state index is 0.481. The first-order valence-electron chi connectivity index (χ1n) is 6.67.